The van der Waals surface area contributed by atoms with Crippen molar-refractivity contribution < 1.29 is 15.0 Å². The largest absolute Gasteiger partial charge is 0.506 e. The molecular weight excluding hydrogens is 220 g/mol. The second-order valence-electron chi connectivity index (χ2n) is 3.74. The highest BCUT2D eigenvalue weighted by atomic mass is 16.4. The van der Waals surface area contributed by atoms with E-state index in [2.05, 4.69) is 4.98 Å². The lowest BCUT2D eigenvalue weighted by Gasteiger charge is -2.12. The SMILES string of the molecule is CC(C(=O)O)c1cncn1-c1ccccc1O. The Bertz CT molecular complexity index is 548. The van der Waals surface area contributed by atoms with Crippen molar-refractivity contribution >= 4 is 5.97 Å². The van der Waals surface area contributed by atoms with Crippen LogP contribution in [0.2, 0.25) is 0 Å². The standard InChI is InChI=1S/C12H12N2O3/c1-8(12(16)17)10-6-13-7-14(10)9-4-2-3-5-11(9)15/h2-8,15H,1H3,(H,16,17). The number of aromatic hydroxyl groups is 1. The Morgan fingerprint density at radius 3 is 2.76 bits per heavy atom. The molecule has 2 N–H and O–H groups in total. The molecule has 1 heterocycles. The van der Waals surface area contributed by atoms with Gasteiger partial charge in [-0.1, -0.05) is 12.1 Å². The summed E-state index contributed by atoms with van der Waals surface area (Å²) in [4.78, 5) is 14.9. The average Bonchev–Trinajstić information content (AvgIpc) is 2.77. The number of para-hydroxylation sites is 2. The molecule has 0 aliphatic rings. The Labute approximate surface area is 98.0 Å². The summed E-state index contributed by atoms with van der Waals surface area (Å²) in [5.41, 5.74) is 1.05. The van der Waals surface area contributed by atoms with Gasteiger partial charge in [0.2, 0.25) is 0 Å². The Hall–Kier alpha value is -2.30. The van der Waals surface area contributed by atoms with Crippen molar-refractivity contribution in [1.82, 2.24) is 9.55 Å². The zero-order valence-corrected chi connectivity index (χ0v) is 9.24. The number of aliphatic carboxylic acids is 1. The van der Waals surface area contributed by atoms with Gasteiger partial charge in [-0.15, -0.1) is 0 Å². The molecule has 0 fully saturated rings. The fourth-order valence-corrected chi connectivity index (χ4v) is 1.62. The van der Waals surface area contributed by atoms with E-state index in [1.807, 2.05) is 0 Å². The summed E-state index contributed by atoms with van der Waals surface area (Å²) in [5, 5.41) is 18.7. The third-order valence-electron chi connectivity index (χ3n) is 2.62. The van der Waals surface area contributed by atoms with Gasteiger partial charge in [-0.25, -0.2) is 4.98 Å². The molecule has 2 aromatic rings. The highest BCUT2D eigenvalue weighted by molar-refractivity contribution is 5.75. The Kier molecular flexibility index (Phi) is 2.82. The van der Waals surface area contributed by atoms with Gasteiger partial charge >= 0.3 is 5.97 Å². The van der Waals surface area contributed by atoms with Crippen molar-refractivity contribution in [2.75, 3.05) is 0 Å². The van der Waals surface area contributed by atoms with Crippen LogP contribution in [0.15, 0.2) is 36.8 Å². The molecule has 88 valence electrons. The Balaban J connectivity index is 2.51. The molecule has 0 aliphatic carbocycles. The lowest BCUT2D eigenvalue weighted by Crippen LogP contribution is -2.11. The summed E-state index contributed by atoms with van der Waals surface area (Å²) in [7, 11) is 0. The number of phenolic OH excluding ortho intramolecular Hbond substituents is 1. The molecule has 0 spiro atoms. The number of carboxylic acids is 1. The summed E-state index contributed by atoms with van der Waals surface area (Å²) in [5.74, 6) is -1.52. The highest BCUT2D eigenvalue weighted by Gasteiger charge is 2.19. The maximum atomic E-state index is 11.0. The van der Waals surface area contributed by atoms with Crippen molar-refractivity contribution in [3.05, 3.63) is 42.5 Å². The maximum absolute atomic E-state index is 11.0. The highest BCUT2D eigenvalue weighted by Crippen LogP contribution is 2.25. The molecule has 2 rings (SSSR count). The van der Waals surface area contributed by atoms with Crippen LogP contribution in [0, 0.1) is 0 Å². The number of aromatic nitrogens is 2. The van der Waals surface area contributed by atoms with Crippen LogP contribution in [-0.2, 0) is 4.79 Å². The predicted octanol–water partition coefficient (Wildman–Crippen LogP) is 1.77. The van der Waals surface area contributed by atoms with E-state index in [9.17, 15) is 9.90 Å². The number of imidazole rings is 1. The second-order valence-corrected chi connectivity index (χ2v) is 3.74. The molecule has 17 heavy (non-hydrogen) atoms. The zero-order valence-electron chi connectivity index (χ0n) is 9.24. The summed E-state index contributed by atoms with van der Waals surface area (Å²) >= 11 is 0. The van der Waals surface area contributed by atoms with Crippen LogP contribution in [0.3, 0.4) is 0 Å². The molecule has 1 atom stereocenters. The van der Waals surface area contributed by atoms with Crippen molar-refractivity contribution in [3.8, 4) is 11.4 Å². The first-order chi connectivity index (χ1) is 8.11. The first-order valence-corrected chi connectivity index (χ1v) is 5.14. The van der Waals surface area contributed by atoms with Gasteiger partial charge < -0.3 is 10.2 Å². The molecule has 0 bridgehead atoms. The van der Waals surface area contributed by atoms with E-state index in [-0.39, 0.29) is 5.75 Å². The zero-order chi connectivity index (χ0) is 12.4. The maximum Gasteiger partial charge on any atom is 0.312 e. The van der Waals surface area contributed by atoms with Crippen LogP contribution in [0.1, 0.15) is 18.5 Å². The number of phenols is 1. The average molecular weight is 232 g/mol. The van der Waals surface area contributed by atoms with Crippen molar-refractivity contribution in [3.63, 3.8) is 0 Å². The first kappa shape index (κ1) is 11.2. The third kappa shape index (κ3) is 1.99. The molecule has 1 unspecified atom stereocenters. The summed E-state index contributed by atoms with van der Waals surface area (Å²) in [6.45, 7) is 1.58. The quantitative estimate of drug-likeness (QED) is 0.845. The summed E-state index contributed by atoms with van der Waals surface area (Å²) < 4.78 is 1.58. The van der Waals surface area contributed by atoms with Gasteiger partial charge in [0, 0.05) is 6.20 Å². The van der Waals surface area contributed by atoms with E-state index in [0.717, 1.165) is 0 Å². The van der Waals surface area contributed by atoms with E-state index < -0.39 is 11.9 Å². The van der Waals surface area contributed by atoms with Crippen LogP contribution in [0.4, 0.5) is 0 Å². The van der Waals surface area contributed by atoms with Crippen LogP contribution >= 0.6 is 0 Å². The van der Waals surface area contributed by atoms with Gasteiger partial charge in [-0.2, -0.15) is 0 Å². The fraction of sp³-hybridized carbons (Fsp3) is 0.167. The number of hydrogen-bond donors (Lipinski definition) is 2. The minimum Gasteiger partial charge on any atom is -0.506 e. The van der Waals surface area contributed by atoms with E-state index in [1.54, 1.807) is 35.8 Å². The molecule has 1 aromatic heterocycles. The van der Waals surface area contributed by atoms with E-state index in [4.69, 9.17) is 5.11 Å². The van der Waals surface area contributed by atoms with Crippen molar-refractivity contribution in [2.24, 2.45) is 0 Å². The van der Waals surface area contributed by atoms with Gasteiger partial charge in [0.05, 0.1) is 23.6 Å². The van der Waals surface area contributed by atoms with Gasteiger partial charge in [0.25, 0.3) is 0 Å². The third-order valence-corrected chi connectivity index (χ3v) is 2.62. The number of benzene rings is 1. The predicted molar refractivity (Wildman–Crippen MR) is 61.3 cm³/mol. The number of carbonyl (C=O) groups is 1. The monoisotopic (exact) mass is 232 g/mol. The topological polar surface area (TPSA) is 75.3 Å². The molecule has 5 nitrogen and oxygen atoms in total. The number of rotatable bonds is 3. The molecular formula is C12H12N2O3. The van der Waals surface area contributed by atoms with Gasteiger partial charge in [-0.05, 0) is 19.1 Å². The van der Waals surface area contributed by atoms with Gasteiger partial charge in [0.1, 0.15) is 5.75 Å². The fourth-order valence-electron chi connectivity index (χ4n) is 1.62. The lowest BCUT2D eigenvalue weighted by molar-refractivity contribution is -0.138. The normalized spacial score (nSPS) is 12.3. The molecule has 0 saturated carbocycles. The number of carboxylic acid groups (broad SMARTS) is 1. The minimum absolute atomic E-state index is 0.0874. The molecule has 0 aliphatic heterocycles. The van der Waals surface area contributed by atoms with Gasteiger partial charge in [-0.3, -0.25) is 9.36 Å². The minimum atomic E-state index is -0.929. The molecule has 1 aromatic carbocycles. The lowest BCUT2D eigenvalue weighted by atomic mass is 10.1. The van der Waals surface area contributed by atoms with Crippen LogP contribution in [-0.4, -0.2) is 25.7 Å². The Morgan fingerprint density at radius 1 is 1.41 bits per heavy atom. The van der Waals surface area contributed by atoms with Crippen LogP contribution in [0.25, 0.3) is 5.69 Å². The van der Waals surface area contributed by atoms with Crippen LogP contribution in [0.5, 0.6) is 5.75 Å². The second kappa shape index (κ2) is 4.29. The first-order valence-electron chi connectivity index (χ1n) is 5.14. The molecule has 0 amide bonds. The molecule has 0 saturated heterocycles. The smallest absolute Gasteiger partial charge is 0.312 e. The molecule has 5 heteroatoms. The van der Waals surface area contributed by atoms with Crippen molar-refractivity contribution in [1.29, 1.82) is 0 Å². The Morgan fingerprint density at radius 2 is 2.12 bits per heavy atom. The number of nitrogens with zero attached hydrogens (tertiary/aromatic N) is 2. The van der Waals surface area contributed by atoms with Crippen molar-refractivity contribution in [2.45, 2.75) is 12.8 Å². The summed E-state index contributed by atoms with van der Waals surface area (Å²) in [6, 6.07) is 6.72. The van der Waals surface area contributed by atoms with E-state index in [1.165, 1.54) is 12.5 Å². The van der Waals surface area contributed by atoms with Gasteiger partial charge in [0.15, 0.2) is 0 Å². The van der Waals surface area contributed by atoms with E-state index >= 15 is 0 Å². The number of hydrogen-bond acceptors (Lipinski definition) is 3. The van der Waals surface area contributed by atoms with E-state index in [0.29, 0.717) is 11.4 Å². The molecule has 0 radical (unpaired) electrons. The van der Waals surface area contributed by atoms with Crippen LogP contribution < -0.4 is 0 Å². The summed E-state index contributed by atoms with van der Waals surface area (Å²) in [6.07, 6.45) is 2.98.